The van der Waals surface area contributed by atoms with Crippen molar-refractivity contribution in [3.8, 4) is 16.9 Å². The second kappa shape index (κ2) is 9.79. The second-order valence-corrected chi connectivity index (χ2v) is 8.20. The van der Waals surface area contributed by atoms with E-state index in [0.717, 1.165) is 0 Å². The van der Waals surface area contributed by atoms with Gasteiger partial charge < -0.3 is 4.74 Å². The summed E-state index contributed by atoms with van der Waals surface area (Å²) < 4.78 is 112. The molecule has 4 rings (SSSR count). The van der Waals surface area contributed by atoms with Crippen molar-refractivity contribution >= 4 is 10.8 Å². The Morgan fingerprint density at radius 1 is 0.694 bits per heavy atom. The van der Waals surface area contributed by atoms with Gasteiger partial charge in [0.25, 0.3) is 0 Å². The van der Waals surface area contributed by atoms with Gasteiger partial charge in [0.2, 0.25) is 5.75 Å². The highest BCUT2D eigenvalue weighted by Crippen LogP contribution is 2.33. The molecule has 0 N–H and O–H groups in total. The number of hydrogen-bond donors (Lipinski definition) is 0. The summed E-state index contributed by atoms with van der Waals surface area (Å²) in [4.78, 5) is 0. The normalized spacial score (nSPS) is 11.8. The minimum Gasteiger partial charge on any atom is -0.399 e. The summed E-state index contributed by atoms with van der Waals surface area (Å²) in [5.74, 6) is -6.69. The lowest BCUT2D eigenvalue weighted by atomic mass is 9.96. The Hall–Kier alpha value is -3.62. The third kappa shape index (κ3) is 5.29. The van der Waals surface area contributed by atoms with Crippen molar-refractivity contribution in [2.75, 3.05) is 0 Å². The van der Waals surface area contributed by atoms with E-state index in [1.807, 2.05) is 0 Å². The molecular formula is C27H18F8O. The molecule has 1 nitrogen and oxygen atoms in total. The van der Waals surface area contributed by atoms with Gasteiger partial charge in [-0.25, -0.2) is 22.0 Å². The molecule has 0 atom stereocenters. The predicted molar refractivity (Wildman–Crippen MR) is 119 cm³/mol. The van der Waals surface area contributed by atoms with E-state index in [1.165, 1.54) is 36.4 Å². The Morgan fingerprint density at radius 3 is 1.89 bits per heavy atom. The molecule has 9 heteroatoms. The third-order valence-electron chi connectivity index (χ3n) is 5.79. The van der Waals surface area contributed by atoms with Gasteiger partial charge in [-0.1, -0.05) is 31.2 Å². The van der Waals surface area contributed by atoms with Crippen LogP contribution in [0.25, 0.3) is 21.9 Å². The summed E-state index contributed by atoms with van der Waals surface area (Å²) >= 11 is 0. The van der Waals surface area contributed by atoms with E-state index in [2.05, 4.69) is 4.74 Å². The summed E-state index contributed by atoms with van der Waals surface area (Å²) in [6.45, 7) is 1.77. The molecule has 4 aromatic carbocycles. The predicted octanol–water partition coefficient (Wildman–Crippen LogP) is 8.45. The van der Waals surface area contributed by atoms with Crippen LogP contribution in [0.15, 0.2) is 54.6 Å². The molecular weight excluding hydrogens is 492 g/mol. The number of alkyl halides is 3. The number of rotatable bonds is 6. The molecule has 0 aromatic heterocycles. The number of halogens is 8. The lowest BCUT2D eigenvalue weighted by Crippen LogP contribution is -2.19. The zero-order chi connectivity index (χ0) is 26.2. The summed E-state index contributed by atoms with van der Waals surface area (Å²) in [5, 5.41) is 0.561. The summed E-state index contributed by atoms with van der Waals surface area (Å²) in [7, 11) is 0. The van der Waals surface area contributed by atoms with Crippen LogP contribution >= 0.6 is 0 Å². The van der Waals surface area contributed by atoms with Crippen LogP contribution in [0.1, 0.15) is 23.6 Å². The quantitative estimate of drug-likeness (QED) is 0.237. The van der Waals surface area contributed by atoms with Gasteiger partial charge in [0.1, 0.15) is 17.5 Å². The minimum absolute atomic E-state index is 0.0100. The first kappa shape index (κ1) is 25.5. The highest BCUT2D eigenvalue weighted by Gasteiger charge is 2.34. The molecule has 0 saturated heterocycles. The Labute approximate surface area is 200 Å². The van der Waals surface area contributed by atoms with E-state index in [4.69, 9.17) is 0 Å². The molecule has 0 heterocycles. The molecule has 0 radical (unpaired) electrons. The zero-order valence-corrected chi connectivity index (χ0v) is 18.7. The van der Waals surface area contributed by atoms with E-state index in [1.54, 1.807) is 13.0 Å². The Balaban J connectivity index is 1.59. The molecule has 0 amide bonds. The lowest BCUT2D eigenvalue weighted by Gasteiger charge is -2.13. The van der Waals surface area contributed by atoms with Gasteiger partial charge in [-0.05, 0) is 77.2 Å². The van der Waals surface area contributed by atoms with Crippen molar-refractivity contribution in [1.29, 1.82) is 0 Å². The molecule has 0 spiro atoms. The van der Waals surface area contributed by atoms with Crippen LogP contribution in [0, 0.1) is 29.1 Å². The molecule has 0 unspecified atom stereocenters. The lowest BCUT2D eigenvalue weighted by molar-refractivity contribution is -0.276. The van der Waals surface area contributed by atoms with Crippen LogP contribution in [0.3, 0.4) is 0 Å². The SMILES string of the molecule is CCc1cc(F)c(-c2ccc3c(F)c(CCc4cc(F)c(OC(F)(F)F)c(F)c4)ccc3c2)c(F)c1. The van der Waals surface area contributed by atoms with Crippen LogP contribution in [0.4, 0.5) is 35.1 Å². The number of benzene rings is 4. The van der Waals surface area contributed by atoms with Gasteiger partial charge in [0, 0.05) is 5.39 Å². The van der Waals surface area contributed by atoms with Crippen molar-refractivity contribution in [2.45, 2.75) is 32.5 Å². The Bertz CT molecular complexity index is 1400. The highest BCUT2D eigenvalue weighted by molar-refractivity contribution is 5.88. The van der Waals surface area contributed by atoms with Crippen molar-refractivity contribution in [3.63, 3.8) is 0 Å². The van der Waals surface area contributed by atoms with Gasteiger partial charge in [0.15, 0.2) is 11.6 Å². The maximum atomic E-state index is 15.1. The summed E-state index contributed by atoms with van der Waals surface area (Å²) in [5.41, 5.74) is 0.722. The van der Waals surface area contributed by atoms with Crippen LogP contribution in [-0.4, -0.2) is 6.36 Å². The number of ether oxygens (including phenoxy) is 1. The Morgan fingerprint density at radius 2 is 1.31 bits per heavy atom. The fraction of sp³-hybridized carbons (Fsp3) is 0.185. The highest BCUT2D eigenvalue weighted by atomic mass is 19.4. The molecule has 4 aromatic rings. The molecule has 0 fully saturated rings. The number of aryl methyl sites for hydroxylation is 3. The summed E-state index contributed by atoms with van der Waals surface area (Å²) in [6, 6.07) is 11.1. The van der Waals surface area contributed by atoms with Crippen LogP contribution < -0.4 is 4.74 Å². The van der Waals surface area contributed by atoms with E-state index >= 15 is 4.39 Å². The zero-order valence-electron chi connectivity index (χ0n) is 18.7. The fourth-order valence-electron chi connectivity index (χ4n) is 4.04. The standard InChI is InChI=1S/C27H18F8O/c1-2-14-9-20(28)24(21(29)10-14)18-7-8-19-17(13-18)6-5-16(25(19)32)4-3-15-11-22(30)26(23(31)12-15)36-27(33,34)35/h5-13H,2-4H2,1H3. The average Bonchev–Trinajstić information content (AvgIpc) is 2.80. The van der Waals surface area contributed by atoms with E-state index in [9.17, 15) is 30.7 Å². The second-order valence-electron chi connectivity index (χ2n) is 8.20. The van der Waals surface area contributed by atoms with E-state index in [0.29, 0.717) is 29.5 Å². The first-order valence-electron chi connectivity index (χ1n) is 10.9. The van der Waals surface area contributed by atoms with E-state index in [-0.39, 0.29) is 40.5 Å². The smallest absolute Gasteiger partial charge is 0.399 e. The number of fused-ring (bicyclic) bond motifs is 1. The van der Waals surface area contributed by atoms with Crippen LogP contribution in [-0.2, 0) is 19.3 Å². The molecule has 36 heavy (non-hydrogen) atoms. The fourth-order valence-corrected chi connectivity index (χ4v) is 4.04. The van der Waals surface area contributed by atoms with Gasteiger partial charge in [-0.2, -0.15) is 0 Å². The molecule has 0 aliphatic heterocycles. The maximum Gasteiger partial charge on any atom is 0.573 e. The van der Waals surface area contributed by atoms with E-state index < -0.39 is 41.2 Å². The van der Waals surface area contributed by atoms with Crippen molar-refractivity contribution < 1.29 is 39.9 Å². The average molecular weight is 510 g/mol. The van der Waals surface area contributed by atoms with Gasteiger partial charge in [-0.15, -0.1) is 13.2 Å². The monoisotopic (exact) mass is 510 g/mol. The Kier molecular flexibility index (Phi) is 6.93. The summed E-state index contributed by atoms with van der Waals surface area (Å²) in [6.07, 6.45) is -4.87. The van der Waals surface area contributed by atoms with Crippen LogP contribution in [0.2, 0.25) is 0 Å². The minimum atomic E-state index is -5.26. The van der Waals surface area contributed by atoms with Crippen LogP contribution in [0.5, 0.6) is 5.75 Å². The maximum absolute atomic E-state index is 15.1. The molecule has 0 aliphatic rings. The topological polar surface area (TPSA) is 9.23 Å². The number of hydrogen-bond acceptors (Lipinski definition) is 1. The molecule has 0 aliphatic carbocycles. The first-order chi connectivity index (χ1) is 17.0. The van der Waals surface area contributed by atoms with Crippen molar-refractivity contribution in [2.24, 2.45) is 0 Å². The first-order valence-corrected chi connectivity index (χ1v) is 10.9. The molecule has 0 bridgehead atoms. The van der Waals surface area contributed by atoms with Crippen molar-refractivity contribution in [3.05, 3.63) is 100 Å². The molecule has 0 saturated carbocycles. The van der Waals surface area contributed by atoms with Gasteiger partial charge in [0.05, 0.1) is 5.56 Å². The third-order valence-corrected chi connectivity index (χ3v) is 5.79. The van der Waals surface area contributed by atoms with Crippen molar-refractivity contribution in [1.82, 2.24) is 0 Å². The largest absolute Gasteiger partial charge is 0.573 e. The van der Waals surface area contributed by atoms with Gasteiger partial charge in [-0.3, -0.25) is 0 Å². The van der Waals surface area contributed by atoms with Gasteiger partial charge >= 0.3 is 6.36 Å². The molecule has 188 valence electrons.